The number of aromatic nitrogens is 2. The third-order valence-electron chi connectivity index (χ3n) is 11.2. The molecule has 8 rings (SSSR count). The molecule has 4 aliphatic rings. The van der Waals surface area contributed by atoms with Crippen LogP contribution in [0.3, 0.4) is 0 Å². The van der Waals surface area contributed by atoms with E-state index >= 15 is 0 Å². The van der Waals surface area contributed by atoms with Gasteiger partial charge in [-0.05, 0) is 63.6 Å². The largest absolute Gasteiger partial charge is 0.471 e. The first-order valence-electron chi connectivity index (χ1n) is 19.4. The molecule has 0 bridgehead atoms. The molecule has 4 heterocycles. The third-order valence-corrected chi connectivity index (χ3v) is 13.1. The molecular formula is C40H40F4N6O8S. The van der Waals surface area contributed by atoms with Crippen LogP contribution in [0, 0.1) is 18.7 Å². The van der Waals surface area contributed by atoms with Crippen LogP contribution in [0.2, 0.25) is 0 Å². The van der Waals surface area contributed by atoms with Crippen molar-refractivity contribution >= 4 is 55.7 Å². The van der Waals surface area contributed by atoms with Crippen molar-refractivity contribution in [1.82, 2.24) is 30.2 Å². The van der Waals surface area contributed by atoms with Crippen LogP contribution in [0.1, 0.15) is 63.4 Å². The van der Waals surface area contributed by atoms with E-state index in [1.807, 2.05) is 24.4 Å². The second kappa shape index (κ2) is 15.2. The SMILES string of the molecule is Cc1ccc(-c2nc(O[C@@H]3C[C@H]4C(=O)N[C@]5(C(=O)NS(=O)(=O)C6CC6)C[C@H]5/C=C\CCCCC[C@H](NC(=O)C(F)(F)F)C(=O)N4C3)c3oc4ccc(F)cc4c3n2)cc1. The molecule has 3 fully saturated rings. The van der Waals surface area contributed by atoms with Crippen molar-refractivity contribution in [2.75, 3.05) is 6.54 Å². The number of amides is 4. The Morgan fingerprint density at radius 3 is 2.53 bits per heavy atom. The van der Waals surface area contributed by atoms with Gasteiger partial charge in [-0.3, -0.25) is 23.9 Å². The minimum absolute atomic E-state index is 0.0251. The lowest BCUT2D eigenvalue weighted by molar-refractivity contribution is -0.175. The number of sulfonamides is 1. The zero-order valence-electron chi connectivity index (χ0n) is 31.7. The smallest absolute Gasteiger partial charge is 0.470 e. The molecule has 4 amide bonds. The van der Waals surface area contributed by atoms with E-state index in [0.717, 1.165) is 10.5 Å². The highest BCUT2D eigenvalue weighted by atomic mass is 32.2. The average Bonchev–Trinajstić information content (AvgIpc) is 4.08. The first-order valence-corrected chi connectivity index (χ1v) is 20.9. The Kier molecular flexibility index (Phi) is 10.4. The molecule has 19 heteroatoms. The third kappa shape index (κ3) is 8.20. The predicted molar refractivity (Wildman–Crippen MR) is 203 cm³/mol. The van der Waals surface area contributed by atoms with Gasteiger partial charge in [0.1, 0.15) is 40.6 Å². The number of rotatable bonds is 7. The molecule has 3 N–H and O–H groups in total. The van der Waals surface area contributed by atoms with Crippen molar-refractivity contribution < 1.29 is 54.3 Å². The van der Waals surface area contributed by atoms with E-state index in [0.29, 0.717) is 43.1 Å². The molecule has 0 radical (unpaired) electrons. The number of alkyl halides is 3. The van der Waals surface area contributed by atoms with E-state index in [-0.39, 0.29) is 60.6 Å². The van der Waals surface area contributed by atoms with E-state index in [4.69, 9.17) is 9.15 Å². The Balaban J connectivity index is 1.16. The molecule has 14 nitrogen and oxygen atoms in total. The van der Waals surface area contributed by atoms with Crippen LogP contribution in [-0.4, -0.2) is 88.6 Å². The van der Waals surface area contributed by atoms with E-state index in [2.05, 4.69) is 20.0 Å². The number of fused-ring (bicyclic) bond motifs is 5. The van der Waals surface area contributed by atoms with Crippen molar-refractivity contribution in [2.45, 2.75) is 99.9 Å². The van der Waals surface area contributed by atoms with Crippen LogP contribution in [0.15, 0.2) is 59.0 Å². The molecule has 5 atom stereocenters. The Morgan fingerprint density at radius 2 is 1.80 bits per heavy atom. The van der Waals surface area contributed by atoms with Crippen LogP contribution in [0.25, 0.3) is 33.5 Å². The van der Waals surface area contributed by atoms with E-state index < -0.39 is 80.5 Å². The summed E-state index contributed by atoms with van der Waals surface area (Å²) in [4.78, 5) is 64.9. The lowest BCUT2D eigenvalue weighted by Gasteiger charge is -2.30. The lowest BCUT2D eigenvalue weighted by atomic mass is 10.0. The molecule has 2 aliphatic heterocycles. The fraction of sp³-hybridized carbons (Fsp3) is 0.450. The number of hydrogen-bond acceptors (Lipinski definition) is 10. The zero-order chi connectivity index (χ0) is 41.9. The summed E-state index contributed by atoms with van der Waals surface area (Å²) in [7, 11) is -4.02. The van der Waals surface area contributed by atoms with Crippen molar-refractivity contribution in [3.05, 3.63) is 66.0 Å². The quantitative estimate of drug-likeness (QED) is 0.171. The van der Waals surface area contributed by atoms with Crippen molar-refractivity contribution in [1.29, 1.82) is 0 Å². The second-order valence-corrected chi connectivity index (χ2v) is 17.6. The number of carbonyl (C=O) groups excluding carboxylic acids is 4. The van der Waals surface area contributed by atoms with Crippen LogP contribution >= 0.6 is 0 Å². The van der Waals surface area contributed by atoms with Crippen LogP contribution in [0.4, 0.5) is 17.6 Å². The molecule has 2 saturated carbocycles. The number of nitrogens with zero attached hydrogens (tertiary/aromatic N) is 3. The maximum Gasteiger partial charge on any atom is 0.471 e. The topological polar surface area (TPSA) is 190 Å². The number of furan rings is 1. The molecule has 2 aromatic carbocycles. The van der Waals surface area contributed by atoms with Gasteiger partial charge in [0, 0.05) is 23.3 Å². The lowest BCUT2D eigenvalue weighted by Crippen LogP contribution is -2.58. The first-order chi connectivity index (χ1) is 28.0. The number of ether oxygens (including phenoxy) is 1. The van der Waals surface area contributed by atoms with Gasteiger partial charge in [-0.2, -0.15) is 18.2 Å². The number of allylic oxidation sites excluding steroid dienone is 1. The number of benzene rings is 2. The van der Waals surface area contributed by atoms with Gasteiger partial charge in [0.05, 0.1) is 11.8 Å². The summed E-state index contributed by atoms with van der Waals surface area (Å²) in [5.41, 5.74) is 0.333. The van der Waals surface area contributed by atoms with Gasteiger partial charge >= 0.3 is 12.1 Å². The summed E-state index contributed by atoms with van der Waals surface area (Å²) in [6.07, 6.45) is -0.669. The summed E-state index contributed by atoms with van der Waals surface area (Å²) in [6.45, 7) is 1.51. The Hall–Kier alpha value is -5.59. The number of halogens is 4. The number of carbonyl (C=O) groups is 4. The van der Waals surface area contributed by atoms with Gasteiger partial charge in [-0.25, -0.2) is 17.8 Å². The summed E-state index contributed by atoms with van der Waals surface area (Å²) < 4.78 is 95.3. The summed E-state index contributed by atoms with van der Waals surface area (Å²) in [5.74, 6) is -6.24. The molecule has 2 aliphatic carbocycles. The Labute approximate surface area is 335 Å². The summed E-state index contributed by atoms with van der Waals surface area (Å²) in [6, 6.07) is 7.94. The fourth-order valence-corrected chi connectivity index (χ4v) is 9.11. The number of aryl methyl sites for hydroxylation is 1. The molecule has 0 unspecified atom stereocenters. The monoisotopic (exact) mass is 840 g/mol. The molecule has 1 saturated heterocycles. The van der Waals surface area contributed by atoms with Crippen LogP contribution < -0.4 is 20.1 Å². The molecule has 59 heavy (non-hydrogen) atoms. The molecule has 2 aromatic heterocycles. The van der Waals surface area contributed by atoms with E-state index in [1.165, 1.54) is 18.2 Å². The van der Waals surface area contributed by atoms with Crippen LogP contribution in [-0.2, 0) is 29.2 Å². The number of hydrogen-bond donors (Lipinski definition) is 3. The molecule has 4 aromatic rings. The van der Waals surface area contributed by atoms with Crippen molar-refractivity contribution in [3.8, 4) is 17.3 Å². The highest BCUT2D eigenvalue weighted by Crippen LogP contribution is 2.46. The average molecular weight is 841 g/mol. The van der Waals surface area contributed by atoms with Gasteiger partial charge in [-0.15, -0.1) is 0 Å². The van der Waals surface area contributed by atoms with Gasteiger partial charge in [0.15, 0.2) is 5.82 Å². The second-order valence-electron chi connectivity index (χ2n) is 15.7. The van der Waals surface area contributed by atoms with Crippen molar-refractivity contribution in [3.63, 3.8) is 0 Å². The van der Waals surface area contributed by atoms with Gasteiger partial charge in [-0.1, -0.05) is 54.8 Å². The molecule has 0 spiro atoms. The molecule has 312 valence electrons. The van der Waals surface area contributed by atoms with Crippen molar-refractivity contribution in [2.24, 2.45) is 5.92 Å². The number of nitrogens with one attached hydrogen (secondary N) is 3. The minimum Gasteiger partial charge on any atom is -0.470 e. The zero-order valence-corrected chi connectivity index (χ0v) is 32.5. The highest BCUT2D eigenvalue weighted by Gasteiger charge is 2.62. The van der Waals surface area contributed by atoms with Crippen LogP contribution in [0.5, 0.6) is 5.88 Å². The maximum absolute atomic E-state index is 14.5. The Bertz CT molecular complexity index is 2490. The maximum atomic E-state index is 14.5. The van der Waals surface area contributed by atoms with Gasteiger partial charge in [0.2, 0.25) is 27.4 Å². The molecular weight excluding hydrogens is 801 g/mol. The first kappa shape index (κ1) is 40.2. The normalized spacial score (nSPS) is 25.9. The van der Waals surface area contributed by atoms with Gasteiger partial charge in [0.25, 0.3) is 11.8 Å². The summed E-state index contributed by atoms with van der Waals surface area (Å²) >= 11 is 0. The van der Waals surface area contributed by atoms with Gasteiger partial charge < -0.3 is 24.7 Å². The van der Waals surface area contributed by atoms with E-state index in [1.54, 1.807) is 24.3 Å². The highest BCUT2D eigenvalue weighted by molar-refractivity contribution is 7.91. The predicted octanol–water partition coefficient (Wildman–Crippen LogP) is 4.89. The minimum atomic E-state index is -5.31. The Morgan fingerprint density at radius 1 is 1.03 bits per heavy atom. The van der Waals surface area contributed by atoms with E-state index in [9.17, 15) is 45.2 Å². The fourth-order valence-electron chi connectivity index (χ4n) is 7.75. The standard InChI is InChI=1S/C40H40F4N6O8S/c1-21-9-11-22(12-10-21)33-46-31-27-17-24(41)13-16-30(27)58-32(31)35(47-33)57-25-18-29-34(51)48-39(37(53)49-59(55,56)26-14-15-26)19-23(39)7-5-3-2-4-6-8-28(36(52)50(29)20-25)45-38(54)40(42,43)44/h5,7,9-13,16-17,23,25-26,28-29H,2-4,6,8,14-15,18-20H2,1H3,(H,45,54)(H,48,51)(H,49,53)/b7-5-/t23-,25-,28+,29+,39-/m1/s1. The summed E-state index contributed by atoms with van der Waals surface area (Å²) in [5, 5.41) is 4.10.